The van der Waals surface area contributed by atoms with Crippen molar-refractivity contribution < 1.29 is 0 Å². The average molecular weight is 298 g/mol. The van der Waals surface area contributed by atoms with E-state index in [1.165, 1.54) is 11.1 Å². The molecule has 118 valence electrons. The van der Waals surface area contributed by atoms with Crippen LogP contribution in [-0.4, -0.2) is 36.0 Å². The molecule has 4 nitrogen and oxygen atoms in total. The number of nitrogens with zero attached hydrogens (tertiary/aromatic N) is 4. The number of hydrogen-bond acceptors (Lipinski definition) is 4. The lowest BCUT2D eigenvalue weighted by molar-refractivity contribution is 0.402. The van der Waals surface area contributed by atoms with Gasteiger partial charge in [-0.3, -0.25) is 0 Å². The Morgan fingerprint density at radius 3 is 2.18 bits per heavy atom. The lowest BCUT2D eigenvalue weighted by Gasteiger charge is -2.22. The van der Waals surface area contributed by atoms with E-state index in [0.29, 0.717) is 0 Å². The Morgan fingerprint density at radius 2 is 1.55 bits per heavy atom. The topological polar surface area (TPSA) is 32.3 Å². The van der Waals surface area contributed by atoms with E-state index >= 15 is 0 Å². The molecule has 0 aliphatic rings. The SMILES string of the molecule is Cc1nc(C)c(C)c(N(C)Cc2cccc(CN(C)C)c2)n1. The fourth-order valence-corrected chi connectivity index (χ4v) is 2.66. The first-order valence-electron chi connectivity index (χ1n) is 7.62. The Hall–Kier alpha value is -1.94. The van der Waals surface area contributed by atoms with Crippen molar-refractivity contribution in [3.63, 3.8) is 0 Å². The zero-order valence-electron chi connectivity index (χ0n) is 14.5. The van der Waals surface area contributed by atoms with Crippen molar-refractivity contribution in [1.82, 2.24) is 14.9 Å². The third kappa shape index (κ3) is 4.04. The van der Waals surface area contributed by atoms with Crippen LogP contribution in [-0.2, 0) is 13.1 Å². The molecule has 0 amide bonds. The molecule has 0 saturated heterocycles. The number of benzene rings is 1. The summed E-state index contributed by atoms with van der Waals surface area (Å²) in [6.45, 7) is 7.88. The van der Waals surface area contributed by atoms with Crippen molar-refractivity contribution in [2.45, 2.75) is 33.9 Å². The molecule has 0 spiro atoms. The standard InChI is InChI=1S/C18H26N4/c1-13-14(2)19-15(3)20-18(13)22(6)12-17-9-7-8-16(10-17)11-21(4)5/h7-10H,11-12H2,1-6H3. The third-order valence-corrected chi connectivity index (χ3v) is 3.75. The van der Waals surface area contributed by atoms with E-state index < -0.39 is 0 Å². The number of rotatable bonds is 5. The molecule has 2 rings (SSSR count). The van der Waals surface area contributed by atoms with Crippen molar-refractivity contribution in [3.8, 4) is 0 Å². The van der Waals surface area contributed by atoms with Gasteiger partial charge in [-0.25, -0.2) is 9.97 Å². The highest BCUT2D eigenvalue weighted by atomic mass is 15.2. The van der Waals surface area contributed by atoms with E-state index in [1.807, 2.05) is 13.8 Å². The monoisotopic (exact) mass is 298 g/mol. The molecular formula is C18H26N4. The second kappa shape index (κ2) is 6.88. The van der Waals surface area contributed by atoms with Crippen LogP contribution >= 0.6 is 0 Å². The molecule has 0 N–H and O–H groups in total. The number of hydrogen-bond donors (Lipinski definition) is 0. The molecule has 0 saturated carbocycles. The van der Waals surface area contributed by atoms with Crippen LogP contribution in [0.15, 0.2) is 24.3 Å². The largest absolute Gasteiger partial charge is 0.355 e. The van der Waals surface area contributed by atoms with Crippen LogP contribution in [0.4, 0.5) is 5.82 Å². The molecule has 2 aromatic rings. The summed E-state index contributed by atoms with van der Waals surface area (Å²) in [5.41, 5.74) is 4.84. The maximum atomic E-state index is 4.61. The Kier molecular flexibility index (Phi) is 5.14. The molecule has 0 unspecified atom stereocenters. The maximum absolute atomic E-state index is 4.61. The van der Waals surface area contributed by atoms with Crippen LogP contribution in [0.25, 0.3) is 0 Å². The average Bonchev–Trinajstić information content (AvgIpc) is 2.42. The summed E-state index contributed by atoms with van der Waals surface area (Å²) in [5.74, 6) is 1.84. The number of anilines is 1. The molecule has 0 aliphatic carbocycles. The van der Waals surface area contributed by atoms with E-state index in [4.69, 9.17) is 0 Å². The highest BCUT2D eigenvalue weighted by Crippen LogP contribution is 2.20. The lowest BCUT2D eigenvalue weighted by Crippen LogP contribution is -2.20. The molecule has 0 fully saturated rings. The van der Waals surface area contributed by atoms with Gasteiger partial charge in [-0.05, 0) is 46.0 Å². The Morgan fingerprint density at radius 1 is 0.909 bits per heavy atom. The molecule has 22 heavy (non-hydrogen) atoms. The molecule has 1 aromatic heterocycles. The zero-order valence-corrected chi connectivity index (χ0v) is 14.5. The minimum Gasteiger partial charge on any atom is -0.355 e. The zero-order chi connectivity index (χ0) is 16.3. The Labute approximate surface area is 133 Å². The van der Waals surface area contributed by atoms with Crippen LogP contribution < -0.4 is 4.90 Å². The van der Waals surface area contributed by atoms with Crippen LogP contribution in [0.5, 0.6) is 0 Å². The van der Waals surface area contributed by atoms with Gasteiger partial charge in [0.2, 0.25) is 0 Å². The van der Waals surface area contributed by atoms with E-state index in [9.17, 15) is 0 Å². The van der Waals surface area contributed by atoms with Gasteiger partial charge in [0.25, 0.3) is 0 Å². The van der Waals surface area contributed by atoms with Crippen LogP contribution in [0.1, 0.15) is 28.2 Å². The molecule has 1 heterocycles. The van der Waals surface area contributed by atoms with Crippen LogP contribution in [0, 0.1) is 20.8 Å². The van der Waals surface area contributed by atoms with Crippen molar-refractivity contribution in [1.29, 1.82) is 0 Å². The van der Waals surface area contributed by atoms with Gasteiger partial charge in [0, 0.05) is 31.4 Å². The van der Waals surface area contributed by atoms with Gasteiger partial charge in [-0.2, -0.15) is 0 Å². The van der Waals surface area contributed by atoms with Gasteiger partial charge in [0.15, 0.2) is 0 Å². The smallest absolute Gasteiger partial charge is 0.135 e. The number of aromatic nitrogens is 2. The van der Waals surface area contributed by atoms with Crippen LogP contribution in [0.2, 0.25) is 0 Å². The molecule has 0 atom stereocenters. The summed E-state index contributed by atoms with van der Waals surface area (Å²) in [7, 11) is 6.27. The Balaban J connectivity index is 2.20. The fraction of sp³-hybridized carbons (Fsp3) is 0.444. The highest BCUT2D eigenvalue weighted by Gasteiger charge is 2.11. The van der Waals surface area contributed by atoms with Crippen molar-refractivity contribution in [3.05, 3.63) is 52.5 Å². The minimum absolute atomic E-state index is 0.825. The summed E-state index contributed by atoms with van der Waals surface area (Å²) in [5, 5.41) is 0. The molecule has 0 radical (unpaired) electrons. The van der Waals surface area contributed by atoms with Gasteiger partial charge >= 0.3 is 0 Å². The normalized spacial score (nSPS) is 11.0. The first kappa shape index (κ1) is 16.4. The summed E-state index contributed by atoms with van der Waals surface area (Å²) in [6.07, 6.45) is 0. The summed E-state index contributed by atoms with van der Waals surface area (Å²) in [6, 6.07) is 8.75. The van der Waals surface area contributed by atoms with E-state index in [0.717, 1.165) is 36.0 Å². The second-order valence-electron chi connectivity index (χ2n) is 6.22. The summed E-state index contributed by atoms with van der Waals surface area (Å²) >= 11 is 0. The fourth-order valence-electron chi connectivity index (χ4n) is 2.66. The molecule has 4 heteroatoms. The van der Waals surface area contributed by atoms with Gasteiger partial charge in [-0.1, -0.05) is 24.3 Å². The highest BCUT2D eigenvalue weighted by molar-refractivity contribution is 5.48. The molecule has 0 bridgehead atoms. The molecule has 1 aromatic carbocycles. The van der Waals surface area contributed by atoms with Gasteiger partial charge in [0.05, 0.1) is 0 Å². The summed E-state index contributed by atoms with van der Waals surface area (Å²) < 4.78 is 0. The van der Waals surface area contributed by atoms with E-state index in [2.05, 4.69) is 72.1 Å². The van der Waals surface area contributed by atoms with Gasteiger partial charge in [0.1, 0.15) is 11.6 Å². The van der Waals surface area contributed by atoms with E-state index in [-0.39, 0.29) is 0 Å². The van der Waals surface area contributed by atoms with E-state index in [1.54, 1.807) is 0 Å². The predicted octanol–water partition coefficient (Wildman–Crippen LogP) is 3.10. The van der Waals surface area contributed by atoms with Gasteiger partial charge < -0.3 is 9.80 Å². The third-order valence-electron chi connectivity index (χ3n) is 3.75. The lowest BCUT2D eigenvalue weighted by atomic mass is 10.1. The van der Waals surface area contributed by atoms with Gasteiger partial charge in [-0.15, -0.1) is 0 Å². The quantitative estimate of drug-likeness (QED) is 0.849. The molecular weight excluding hydrogens is 272 g/mol. The minimum atomic E-state index is 0.825. The Bertz CT molecular complexity index is 650. The molecule has 0 aliphatic heterocycles. The second-order valence-corrected chi connectivity index (χ2v) is 6.22. The number of aryl methyl sites for hydroxylation is 2. The van der Waals surface area contributed by atoms with Crippen molar-refractivity contribution in [2.75, 3.05) is 26.0 Å². The predicted molar refractivity (Wildman–Crippen MR) is 92.2 cm³/mol. The first-order chi connectivity index (χ1) is 10.4. The van der Waals surface area contributed by atoms with Crippen LogP contribution in [0.3, 0.4) is 0 Å². The first-order valence-corrected chi connectivity index (χ1v) is 7.62. The van der Waals surface area contributed by atoms with Crippen molar-refractivity contribution in [2.24, 2.45) is 0 Å². The van der Waals surface area contributed by atoms with Crippen molar-refractivity contribution >= 4 is 5.82 Å². The maximum Gasteiger partial charge on any atom is 0.135 e. The summed E-state index contributed by atoms with van der Waals surface area (Å²) in [4.78, 5) is 13.4.